The van der Waals surface area contributed by atoms with Gasteiger partial charge >= 0.3 is 0 Å². The molecule has 3 heteroatoms. The SMILES string of the molecule is CCC/C=C/CCCCCC1N=CC[N+]1(CC)C(C)O. The Bertz CT molecular complexity index is 312. The molecule has 1 aliphatic heterocycles. The van der Waals surface area contributed by atoms with Crippen molar-refractivity contribution in [1.29, 1.82) is 0 Å². The fourth-order valence-corrected chi connectivity index (χ4v) is 3.08. The summed E-state index contributed by atoms with van der Waals surface area (Å²) in [5.74, 6) is 0. The molecule has 0 spiro atoms. The molecule has 0 saturated carbocycles. The van der Waals surface area contributed by atoms with E-state index in [2.05, 4.69) is 31.0 Å². The van der Waals surface area contributed by atoms with Crippen LogP contribution in [-0.4, -0.2) is 41.3 Å². The van der Waals surface area contributed by atoms with Crippen molar-refractivity contribution in [1.82, 2.24) is 0 Å². The highest BCUT2D eigenvalue weighted by Gasteiger charge is 2.41. The third kappa shape index (κ3) is 4.71. The van der Waals surface area contributed by atoms with E-state index in [0.29, 0.717) is 0 Å². The van der Waals surface area contributed by atoms with Crippen molar-refractivity contribution in [3.8, 4) is 0 Å². The van der Waals surface area contributed by atoms with Gasteiger partial charge in [0.2, 0.25) is 0 Å². The van der Waals surface area contributed by atoms with Gasteiger partial charge in [0.05, 0.1) is 12.8 Å². The summed E-state index contributed by atoms with van der Waals surface area (Å²) in [4.78, 5) is 4.61. The van der Waals surface area contributed by atoms with E-state index >= 15 is 0 Å². The zero-order chi connectivity index (χ0) is 14.8. The number of aliphatic hydroxyl groups excluding tert-OH is 1. The molecule has 0 fully saturated rings. The van der Waals surface area contributed by atoms with Gasteiger partial charge in [-0.1, -0.05) is 31.9 Å². The fraction of sp³-hybridized carbons (Fsp3) is 0.824. The highest BCUT2D eigenvalue weighted by molar-refractivity contribution is 5.60. The van der Waals surface area contributed by atoms with Crippen molar-refractivity contribution in [2.75, 3.05) is 13.1 Å². The largest absolute Gasteiger partial charge is 0.345 e. The molecular weight excluding hydrogens is 248 g/mol. The molecule has 1 heterocycles. The zero-order valence-electron chi connectivity index (χ0n) is 13.6. The van der Waals surface area contributed by atoms with Crippen molar-refractivity contribution in [2.24, 2.45) is 4.99 Å². The molecule has 20 heavy (non-hydrogen) atoms. The maximum Gasteiger partial charge on any atom is 0.189 e. The van der Waals surface area contributed by atoms with Crippen LogP contribution in [0.25, 0.3) is 0 Å². The number of hydrogen-bond acceptors (Lipinski definition) is 2. The minimum Gasteiger partial charge on any atom is -0.345 e. The van der Waals surface area contributed by atoms with E-state index in [1.54, 1.807) is 0 Å². The van der Waals surface area contributed by atoms with E-state index in [0.717, 1.165) is 24.0 Å². The summed E-state index contributed by atoms with van der Waals surface area (Å²) in [5, 5.41) is 10.1. The quantitative estimate of drug-likeness (QED) is 0.368. The minimum atomic E-state index is -0.315. The highest BCUT2D eigenvalue weighted by atomic mass is 16.3. The predicted molar refractivity (Wildman–Crippen MR) is 86.8 cm³/mol. The van der Waals surface area contributed by atoms with E-state index in [4.69, 9.17) is 0 Å². The fourth-order valence-electron chi connectivity index (χ4n) is 3.08. The first-order valence-electron chi connectivity index (χ1n) is 8.38. The van der Waals surface area contributed by atoms with Crippen LogP contribution in [0.3, 0.4) is 0 Å². The van der Waals surface area contributed by atoms with Crippen molar-refractivity contribution >= 4 is 6.21 Å². The molecule has 0 amide bonds. The third-order valence-electron chi connectivity index (χ3n) is 4.58. The number of aliphatic imine (C=N–C) groups is 1. The molecule has 3 nitrogen and oxygen atoms in total. The molecule has 0 radical (unpaired) electrons. The average Bonchev–Trinajstić information content (AvgIpc) is 2.86. The van der Waals surface area contributed by atoms with Crippen LogP contribution in [0.4, 0.5) is 0 Å². The van der Waals surface area contributed by atoms with Gasteiger partial charge in [-0.2, -0.15) is 0 Å². The van der Waals surface area contributed by atoms with Gasteiger partial charge in [0, 0.05) is 13.3 Å². The van der Waals surface area contributed by atoms with Gasteiger partial charge in [0.1, 0.15) is 6.54 Å². The summed E-state index contributed by atoms with van der Waals surface area (Å²) >= 11 is 0. The second-order valence-corrected chi connectivity index (χ2v) is 5.94. The van der Waals surface area contributed by atoms with Gasteiger partial charge in [0.25, 0.3) is 0 Å². The van der Waals surface area contributed by atoms with E-state index in [9.17, 15) is 5.11 Å². The zero-order valence-corrected chi connectivity index (χ0v) is 13.6. The lowest BCUT2D eigenvalue weighted by molar-refractivity contribution is -0.976. The molecule has 3 unspecified atom stereocenters. The summed E-state index contributed by atoms with van der Waals surface area (Å²) in [7, 11) is 0. The van der Waals surface area contributed by atoms with E-state index in [1.807, 2.05) is 13.1 Å². The lowest BCUT2D eigenvalue weighted by Crippen LogP contribution is -2.57. The molecule has 1 aliphatic rings. The van der Waals surface area contributed by atoms with Crippen LogP contribution in [0.1, 0.15) is 65.7 Å². The first kappa shape index (κ1) is 17.4. The molecule has 1 rings (SSSR count). The lowest BCUT2D eigenvalue weighted by atomic mass is 10.1. The van der Waals surface area contributed by atoms with Gasteiger partial charge in [0.15, 0.2) is 12.4 Å². The maximum absolute atomic E-state index is 10.1. The van der Waals surface area contributed by atoms with Gasteiger partial charge in [-0.25, -0.2) is 4.99 Å². The Morgan fingerprint density at radius 1 is 1.25 bits per heavy atom. The third-order valence-corrected chi connectivity index (χ3v) is 4.58. The van der Waals surface area contributed by atoms with Crippen LogP contribution in [0, 0.1) is 0 Å². The Labute approximate surface area is 125 Å². The summed E-state index contributed by atoms with van der Waals surface area (Å²) < 4.78 is 0.733. The molecule has 3 atom stereocenters. The van der Waals surface area contributed by atoms with Crippen LogP contribution in [0.5, 0.6) is 0 Å². The first-order chi connectivity index (χ1) is 9.67. The van der Waals surface area contributed by atoms with Gasteiger partial charge in [-0.15, -0.1) is 0 Å². The number of allylic oxidation sites excluding steroid dienone is 2. The number of quaternary nitrogens is 1. The number of rotatable bonds is 10. The van der Waals surface area contributed by atoms with Crippen LogP contribution in [-0.2, 0) is 0 Å². The van der Waals surface area contributed by atoms with Crippen molar-refractivity contribution in [2.45, 2.75) is 78.1 Å². The average molecular weight is 281 g/mol. The Morgan fingerprint density at radius 2 is 2.00 bits per heavy atom. The second kappa shape index (κ2) is 9.30. The molecule has 0 aromatic heterocycles. The Kier molecular flexibility index (Phi) is 8.08. The van der Waals surface area contributed by atoms with Gasteiger partial charge in [-0.05, 0) is 32.6 Å². The number of nitrogens with zero attached hydrogens (tertiary/aromatic N) is 2. The van der Waals surface area contributed by atoms with Crippen molar-refractivity contribution in [3.05, 3.63) is 12.2 Å². The van der Waals surface area contributed by atoms with Crippen LogP contribution in [0.15, 0.2) is 17.1 Å². The molecule has 0 aromatic rings. The molecule has 0 saturated heterocycles. The monoisotopic (exact) mass is 281 g/mol. The summed E-state index contributed by atoms with van der Waals surface area (Å²) in [6, 6.07) is 0. The smallest absolute Gasteiger partial charge is 0.189 e. The summed E-state index contributed by atoms with van der Waals surface area (Å²) in [6.07, 6.45) is 15.1. The molecule has 0 aliphatic carbocycles. The maximum atomic E-state index is 10.1. The molecule has 1 N–H and O–H groups in total. The van der Waals surface area contributed by atoms with Crippen LogP contribution < -0.4 is 0 Å². The van der Waals surface area contributed by atoms with E-state index in [1.165, 1.54) is 38.5 Å². The molecule has 0 bridgehead atoms. The standard InChI is InChI=1S/C17H33N2O/c1-4-6-7-8-9-10-11-12-13-17-18-14-15-19(17,5-2)16(3)20/h7-8,14,16-17,20H,4-6,9-13,15H2,1-3H3/q+1/b8-7+. The number of aliphatic hydroxyl groups is 1. The Hall–Kier alpha value is -0.670. The Balaban J connectivity index is 2.22. The topological polar surface area (TPSA) is 32.6 Å². The van der Waals surface area contributed by atoms with Crippen molar-refractivity contribution < 1.29 is 9.59 Å². The lowest BCUT2D eigenvalue weighted by Gasteiger charge is -2.40. The molecule has 0 aromatic carbocycles. The second-order valence-electron chi connectivity index (χ2n) is 5.94. The van der Waals surface area contributed by atoms with E-state index < -0.39 is 0 Å². The normalized spacial score (nSPS) is 27.5. The molecule has 116 valence electrons. The highest BCUT2D eigenvalue weighted by Crippen LogP contribution is 2.26. The van der Waals surface area contributed by atoms with E-state index in [-0.39, 0.29) is 12.4 Å². The number of unbranched alkanes of at least 4 members (excludes halogenated alkanes) is 4. The van der Waals surface area contributed by atoms with Crippen LogP contribution in [0.2, 0.25) is 0 Å². The molecular formula is C17H33N2O+. The van der Waals surface area contributed by atoms with Crippen LogP contribution >= 0.6 is 0 Å². The van der Waals surface area contributed by atoms with Gasteiger partial charge in [-0.3, -0.25) is 4.48 Å². The summed E-state index contributed by atoms with van der Waals surface area (Å²) in [5.41, 5.74) is 0. The van der Waals surface area contributed by atoms with Gasteiger partial charge < -0.3 is 5.11 Å². The number of hydrogen-bond donors (Lipinski definition) is 1. The van der Waals surface area contributed by atoms with Crippen molar-refractivity contribution in [3.63, 3.8) is 0 Å². The minimum absolute atomic E-state index is 0.274. The Morgan fingerprint density at radius 3 is 2.65 bits per heavy atom. The summed E-state index contributed by atoms with van der Waals surface area (Å²) in [6.45, 7) is 8.13. The first-order valence-corrected chi connectivity index (χ1v) is 8.38. The predicted octanol–water partition coefficient (Wildman–Crippen LogP) is 3.88.